The lowest BCUT2D eigenvalue weighted by Crippen LogP contribution is -2.14. The number of rotatable bonds is 2. The van der Waals surface area contributed by atoms with Gasteiger partial charge in [0.15, 0.2) is 0 Å². The molecule has 3 nitrogen and oxygen atoms in total. The van der Waals surface area contributed by atoms with Crippen molar-refractivity contribution in [3.05, 3.63) is 50.1 Å². The van der Waals surface area contributed by atoms with E-state index in [-0.39, 0.29) is 17.3 Å². The second-order valence-electron chi connectivity index (χ2n) is 4.73. The number of hydrogen-bond acceptors (Lipinski definition) is 2. The molecule has 100 valence electrons. The van der Waals surface area contributed by atoms with Gasteiger partial charge in [-0.25, -0.2) is 9.37 Å². The standard InChI is InChI=1S/C14H14BrFN2O/c1-7(2)12-11(15)14(19)18-13(17-12)10-6-9(16)5-4-8(10)3/h4-7H,1-3H3,(H,17,18,19). The molecule has 5 heteroatoms. The number of hydrogen-bond donors (Lipinski definition) is 1. The summed E-state index contributed by atoms with van der Waals surface area (Å²) in [4.78, 5) is 19.0. The number of nitrogens with zero attached hydrogens (tertiary/aromatic N) is 1. The monoisotopic (exact) mass is 324 g/mol. The van der Waals surface area contributed by atoms with Gasteiger partial charge >= 0.3 is 0 Å². The van der Waals surface area contributed by atoms with Crippen LogP contribution in [0.2, 0.25) is 0 Å². The fourth-order valence-electron chi connectivity index (χ4n) is 1.84. The Labute approximate surface area is 119 Å². The van der Waals surface area contributed by atoms with E-state index in [2.05, 4.69) is 25.9 Å². The Balaban J connectivity index is 2.70. The first-order chi connectivity index (χ1) is 8.90. The summed E-state index contributed by atoms with van der Waals surface area (Å²) in [6.45, 7) is 5.76. The zero-order chi connectivity index (χ0) is 14.2. The summed E-state index contributed by atoms with van der Waals surface area (Å²) in [5.41, 5.74) is 1.88. The van der Waals surface area contributed by atoms with Gasteiger partial charge in [0, 0.05) is 5.56 Å². The molecule has 0 bridgehead atoms. The fraction of sp³-hybridized carbons (Fsp3) is 0.286. The van der Waals surface area contributed by atoms with Gasteiger partial charge in [0.1, 0.15) is 16.1 Å². The molecule has 0 atom stereocenters. The van der Waals surface area contributed by atoms with E-state index in [1.807, 2.05) is 20.8 Å². The molecule has 0 aliphatic carbocycles. The smallest absolute Gasteiger partial charge is 0.265 e. The minimum absolute atomic E-state index is 0.101. The van der Waals surface area contributed by atoms with E-state index in [0.717, 1.165) is 5.56 Å². The van der Waals surface area contributed by atoms with E-state index in [4.69, 9.17) is 0 Å². The SMILES string of the molecule is Cc1ccc(F)cc1-c1nc(C(C)C)c(Br)c(=O)[nH]1. The topological polar surface area (TPSA) is 45.8 Å². The van der Waals surface area contributed by atoms with Crippen LogP contribution in [0.15, 0.2) is 27.5 Å². The van der Waals surface area contributed by atoms with Crippen molar-refractivity contribution in [2.75, 3.05) is 0 Å². The fourth-order valence-corrected chi connectivity index (χ4v) is 2.48. The van der Waals surface area contributed by atoms with Crippen molar-refractivity contribution in [2.45, 2.75) is 26.7 Å². The molecule has 0 aliphatic rings. The van der Waals surface area contributed by atoms with Crippen LogP contribution in [0.3, 0.4) is 0 Å². The van der Waals surface area contributed by atoms with Gasteiger partial charge in [0.05, 0.1) is 5.69 Å². The molecular weight excluding hydrogens is 311 g/mol. The van der Waals surface area contributed by atoms with Gasteiger partial charge in [0.2, 0.25) is 0 Å². The molecule has 0 saturated heterocycles. The largest absolute Gasteiger partial charge is 0.306 e. The zero-order valence-corrected chi connectivity index (χ0v) is 12.5. The van der Waals surface area contributed by atoms with Crippen LogP contribution < -0.4 is 5.56 Å². The van der Waals surface area contributed by atoms with Crippen molar-refractivity contribution in [3.63, 3.8) is 0 Å². The van der Waals surface area contributed by atoms with Crippen molar-refractivity contribution in [3.8, 4) is 11.4 Å². The summed E-state index contributed by atoms with van der Waals surface area (Å²) >= 11 is 3.24. The summed E-state index contributed by atoms with van der Waals surface area (Å²) in [7, 11) is 0. The molecule has 0 spiro atoms. The highest BCUT2D eigenvalue weighted by atomic mass is 79.9. The Morgan fingerprint density at radius 2 is 2.05 bits per heavy atom. The Hall–Kier alpha value is -1.49. The van der Waals surface area contributed by atoms with Gasteiger partial charge < -0.3 is 4.98 Å². The predicted molar refractivity (Wildman–Crippen MR) is 76.8 cm³/mol. The third-order valence-electron chi connectivity index (χ3n) is 2.89. The van der Waals surface area contributed by atoms with Crippen LogP contribution >= 0.6 is 15.9 Å². The molecule has 0 saturated carbocycles. The maximum Gasteiger partial charge on any atom is 0.265 e. The van der Waals surface area contributed by atoms with Crippen LogP contribution in [0.25, 0.3) is 11.4 Å². The number of H-pyrrole nitrogens is 1. The first kappa shape index (κ1) is 13.9. The highest BCUT2D eigenvalue weighted by Gasteiger charge is 2.14. The lowest BCUT2D eigenvalue weighted by Gasteiger charge is -2.11. The van der Waals surface area contributed by atoms with Gasteiger partial charge in [-0.15, -0.1) is 0 Å². The van der Waals surface area contributed by atoms with Crippen LogP contribution in [0, 0.1) is 12.7 Å². The van der Waals surface area contributed by atoms with Crippen molar-refractivity contribution in [1.29, 1.82) is 0 Å². The third-order valence-corrected chi connectivity index (χ3v) is 3.66. The van der Waals surface area contributed by atoms with E-state index in [0.29, 0.717) is 21.6 Å². The van der Waals surface area contributed by atoms with Crippen molar-refractivity contribution in [2.24, 2.45) is 0 Å². The molecule has 0 aliphatic heterocycles. The van der Waals surface area contributed by atoms with Crippen molar-refractivity contribution < 1.29 is 4.39 Å². The lowest BCUT2D eigenvalue weighted by atomic mass is 10.1. The summed E-state index contributed by atoms with van der Waals surface area (Å²) in [6.07, 6.45) is 0. The molecule has 1 aromatic carbocycles. The van der Waals surface area contributed by atoms with Gasteiger partial charge in [0.25, 0.3) is 5.56 Å². The van der Waals surface area contributed by atoms with E-state index >= 15 is 0 Å². The lowest BCUT2D eigenvalue weighted by molar-refractivity contribution is 0.627. The quantitative estimate of drug-likeness (QED) is 0.913. The van der Waals surface area contributed by atoms with Crippen LogP contribution in [-0.4, -0.2) is 9.97 Å². The minimum atomic E-state index is -0.350. The normalized spacial score (nSPS) is 11.1. The summed E-state index contributed by atoms with van der Waals surface area (Å²) in [5, 5.41) is 0. The van der Waals surface area contributed by atoms with Gasteiger partial charge in [-0.05, 0) is 46.5 Å². The summed E-state index contributed by atoms with van der Waals surface area (Å²) in [6, 6.07) is 4.44. The maximum absolute atomic E-state index is 13.3. The van der Waals surface area contributed by atoms with Crippen molar-refractivity contribution in [1.82, 2.24) is 9.97 Å². The van der Waals surface area contributed by atoms with Gasteiger partial charge in [-0.2, -0.15) is 0 Å². The van der Waals surface area contributed by atoms with E-state index in [1.54, 1.807) is 6.07 Å². The zero-order valence-electron chi connectivity index (χ0n) is 10.9. The van der Waals surface area contributed by atoms with Crippen molar-refractivity contribution >= 4 is 15.9 Å². The van der Waals surface area contributed by atoms with Gasteiger partial charge in [-0.1, -0.05) is 19.9 Å². The third kappa shape index (κ3) is 2.76. The highest BCUT2D eigenvalue weighted by molar-refractivity contribution is 9.10. The number of aromatic nitrogens is 2. The maximum atomic E-state index is 13.3. The second-order valence-corrected chi connectivity index (χ2v) is 5.52. The molecule has 0 unspecified atom stereocenters. The molecule has 1 heterocycles. The number of aromatic amines is 1. The first-order valence-electron chi connectivity index (χ1n) is 5.96. The first-order valence-corrected chi connectivity index (χ1v) is 6.75. The van der Waals surface area contributed by atoms with E-state index < -0.39 is 0 Å². The predicted octanol–water partition coefficient (Wildman–Crippen LogP) is 3.77. The Morgan fingerprint density at radius 1 is 1.37 bits per heavy atom. The average molecular weight is 325 g/mol. The molecule has 19 heavy (non-hydrogen) atoms. The summed E-state index contributed by atoms with van der Waals surface area (Å²) in [5.74, 6) is 0.149. The average Bonchev–Trinajstić information content (AvgIpc) is 2.35. The van der Waals surface area contributed by atoms with Crippen LogP contribution in [0.1, 0.15) is 31.0 Å². The molecule has 2 aromatic rings. The van der Waals surface area contributed by atoms with Crippen LogP contribution in [0.5, 0.6) is 0 Å². The number of benzene rings is 1. The minimum Gasteiger partial charge on any atom is -0.306 e. The van der Waals surface area contributed by atoms with E-state index in [9.17, 15) is 9.18 Å². The molecule has 0 radical (unpaired) electrons. The molecule has 1 aromatic heterocycles. The van der Waals surface area contributed by atoms with Crippen LogP contribution in [0.4, 0.5) is 4.39 Å². The van der Waals surface area contributed by atoms with Crippen LogP contribution in [-0.2, 0) is 0 Å². The second kappa shape index (κ2) is 5.25. The number of nitrogens with one attached hydrogen (secondary N) is 1. The molecule has 1 N–H and O–H groups in total. The number of aryl methyl sites for hydroxylation is 1. The summed E-state index contributed by atoms with van der Waals surface area (Å²) < 4.78 is 13.8. The highest BCUT2D eigenvalue weighted by Crippen LogP contribution is 2.24. The molecule has 0 amide bonds. The number of halogens is 2. The Morgan fingerprint density at radius 3 is 2.68 bits per heavy atom. The molecular formula is C14H14BrFN2O. The Kier molecular flexibility index (Phi) is 3.85. The van der Waals surface area contributed by atoms with E-state index in [1.165, 1.54) is 12.1 Å². The Bertz CT molecular complexity index is 680. The molecule has 0 fully saturated rings. The molecule has 2 rings (SSSR count). The van der Waals surface area contributed by atoms with Gasteiger partial charge in [-0.3, -0.25) is 4.79 Å².